The Bertz CT molecular complexity index is 663. The summed E-state index contributed by atoms with van der Waals surface area (Å²) in [4.78, 5) is 4.82. The number of halogens is 1. The molecule has 0 radical (unpaired) electrons. The summed E-state index contributed by atoms with van der Waals surface area (Å²) in [7, 11) is 3.24. The molecule has 0 amide bonds. The molecule has 3 unspecified atom stereocenters. The van der Waals surface area contributed by atoms with Gasteiger partial charge in [-0.05, 0) is 31.4 Å². The number of anilines is 1. The lowest BCUT2D eigenvalue weighted by atomic mass is 9.46. The molecule has 0 aromatic heterocycles. The van der Waals surface area contributed by atoms with Gasteiger partial charge in [0.15, 0.2) is 17.5 Å². The molecular weight excluding hydrogens is 433 g/mol. The second kappa shape index (κ2) is 7.19. The molecule has 3 aliphatic rings. The van der Waals surface area contributed by atoms with E-state index in [-0.39, 0.29) is 29.4 Å². The zero-order valence-corrected chi connectivity index (χ0v) is 17.0. The summed E-state index contributed by atoms with van der Waals surface area (Å²) in [6, 6.07) is 5.92. The van der Waals surface area contributed by atoms with Crippen molar-refractivity contribution in [3.63, 3.8) is 0 Å². The number of aliphatic imine (C=N–C) groups is 1. The van der Waals surface area contributed by atoms with E-state index in [4.69, 9.17) is 24.9 Å². The minimum absolute atomic E-state index is 0. The van der Waals surface area contributed by atoms with Crippen LogP contribution in [0.1, 0.15) is 25.7 Å². The van der Waals surface area contributed by atoms with Gasteiger partial charge >= 0.3 is 0 Å². The fraction of sp³-hybridized carbons (Fsp3) is 0.611. The molecule has 7 heteroatoms. The minimum Gasteiger partial charge on any atom is -0.493 e. The lowest BCUT2D eigenvalue weighted by molar-refractivity contribution is -0.164. The summed E-state index contributed by atoms with van der Waals surface area (Å²) in [5.74, 6) is 2.36. The van der Waals surface area contributed by atoms with Crippen molar-refractivity contribution < 1.29 is 14.2 Å². The summed E-state index contributed by atoms with van der Waals surface area (Å²) in [5.41, 5.74) is 7.28. The van der Waals surface area contributed by atoms with Crippen LogP contribution in [-0.2, 0) is 4.74 Å². The number of hydrogen-bond donors (Lipinski definition) is 2. The Morgan fingerprint density at radius 2 is 2.04 bits per heavy atom. The largest absolute Gasteiger partial charge is 0.493 e. The molecule has 25 heavy (non-hydrogen) atoms. The fourth-order valence-electron chi connectivity index (χ4n) is 4.63. The van der Waals surface area contributed by atoms with Crippen LogP contribution in [0.4, 0.5) is 5.69 Å². The molecule has 1 aromatic carbocycles. The van der Waals surface area contributed by atoms with Crippen LogP contribution in [0.25, 0.3) is 0 Å². The molecule has 1 aliphatic heterocycles. The molecule has 6 nitrogen and oxygen atoms in total. The topological polar surface area (TPSA) is 78.1 Å². The number of hydrogen-bond acceptors (Lipinski definition) is 4. The smallest absolute Gasteiger partial charge is 0.193 e. The van der Waals surface area contributed by atoms with Crippen molar-refractivity contribution in [2.24, 2.45) is 22.1 Å². The Kier molecular flexibility index (Phi) is 5.34. The SMILES string of the molecule is COc1ccc(NC(N)=NC2C3CCOC3C23CCC3)cc1OC.I. The number of rotatable bonds is 4. The number of guanidine groups is 1. The van der Waals surface area contributed by atoms with Gasteiger partial charge in [-0.3, -0.25) is 0 Å². The van der Waals surface area contributed by atoms with E-state index in [2.05, 4.69) is 5.32 Å². The molecular formula is C18H26IN3O3. The maximum absolute atomic E-state index is 6.19. The quantitative estimate of drug-likeness (QED) is 0.411. The molecule has 4 rings (SSSR count). The third-order valence-corrected chi connectivity index (χ3v) is 5.92. The standard InChI is InChI=1S/C18H25N3O3.HI/c1-22-13-5-4-11(10-14(13)23-2)20-17(19)21-15-12-6-9-24-16(12)18(15)7-3-8-18;/h4-5,10,12,15-16H,3,6-9H2,1-2H3,(H3,19,20,21);1H. The Hall–Kier alpha value is -1.22. The summed E-state index contributed by atoms with van der Waals surface area (Å²) in [5, 5.41) is 3.18. The lowest BCUT2D eigenvalue weighted by Gasteiger charge is -2.61. The number of methoxy groups -OCH3 is 2. The van der Waals surface area contributed by atoms with Gasteiger partial charge in [0.2, 0.25) is 0 Å². The van der Waals surface area contributed by atoms with Crippen LogP contribution < -0.4 is 20.5 Å². The predicted molar refractivity (Wildman–Crippen MR) is 108 cm³/mol. The van der Waals surface area contributed by atoms with Crippen molar-refractivity contribution in [2.75, 3.05) is 26.1 Å². The van der Waals surface area contributed by atoms with Gasteiger partial charge in [0.25, 0.3) is 0 Å². The Morgan fingerprint density at radius 1 is 1.28 bits per heavy atom. The third-order valence-electron chi connectivity index (χ3n) is 5.92. The number of ether oxygens (including phenoxy) is 3. The van der Waals surface area contributed by atoms with Gasteiger partial charge in [-0.2, -0.15) is 0 Å². The van der Waals surface area contributed by atoms with Gasteiger partial charge < -0.3 is 25.3 Å². The Balaban J connectivity index is 0.00000182. The molecule has 1 heterocycles. The van der Waals surface area contributed by atoms with Crippen molar-refractivity contribution in [1.82, 2.24) is 0 Å². The molecule has 3 fully saturated rings. The second-order valence-corrected chi connectivity index (χ2v) is 6.98. The van der Waals surface area contributed by atoms with E-state index in [9.17, 15) is 0 Å². The highest BCUT2D eigenvalue weighted by Crippen LogP contribution is 2.64. The van der Waals surface area contributed by atoms with Crippen LogP contribution in [0.5, 0.6) is 11.5 Å². The molecule has 0 bridgehead atoms. The van der Waals surface area contributed by atoms with E-state index < -0.39 is 0 Å². The maximum atomic E-state index is 6.19. The molecule has 3 atom stereocenters. The van der Waals surface area contributed by atoms with Crippen LogP contribution in [0, 0.1) is 11.3 Å². The van der Waals surface area contributed by atoms with E-state index >= 15 is 0 Å². The first-order valence-electron chi connectivity index (χ1n) is 8.62. The first-order chi connectivity index (χ1) is 11.7. The summed E-state index contributed by atoms with van der Waals surface area (Å²) in [6.45, 7) is 0.867. The zero-order chi connectivity index (χ0) is 16.7. The molecule has 2 aliphatic carbocycles. The van der Waals surface area contributed by atoms with Gasteiger partial charge in [0.1, 0.15) is 0 Å². The van der Waals surface area contributed by atoms with Crippen molar-refractivity contribution in [3.05, 3.63) is 18.2 Å². The third kappa shape index (κ3) is 2.95. The van der Waals surface area contributed by atoms with E-state index in [0.717, 1.165) is 18.7 Å². The minimum atomic E-state index is 0. The average Bonchev–Trinajstić information content (AvgIpc) is 2.96. The summed E-state index contributed by atoms with van der Waals surface area (Å²) < 4.78 is 16.5. The molecule has 1 aromatic rings. The van der Waals surface area contributed by atoms with Crippen LogP contribution in [-0.4, -0.2) is 38.9 Å². The van der Waals surface area contributed by atoms with Gasteiger partial charge in [-0.15, -0.1) is 24.0 Å². The number of nitrogens with two attached hydrogens (primary N) is 1. The molecule has 1 spiro atoms. The normalized spacial score (nSPS) is 29.0. The van der Waals surface area contributed by atoms with Crippen molar-refractivity contribution in [1.29, 1.82) is 0 Å². The summed E-state index contributed by atoms with van der Waals surface area (Å²) in [6.07, 6.45) is 5.22. The number of benzene rings is 1. The number of nitrogens with zero attached hydrogens (tertiary/aromatic N) is 1. The van der Waals surface area contributed by atoms with Crippen LogP contribution in [0.15, 0.2) is 23.2 Å². The van der Waals surface area contributed by atoms with Crippen LogP contribution in [0.3, 0.4) is 0 Å². The van der Waals surface area contributed by atoms with E-state index in [0.29, 0.717) is 35.5 Å². The van der Waals surface area contributed by atoms with E-state index in [1.807, 2.05) is 18.2 Å². The highest BCUT2D eigenvalue weighted by atomic mass is 127. The highest BCUT2D eigenvalue weighted by Gasteiger charge is 2.66. The van der Waals surface area contributed by atoms with Crippen LogP contribution >= 0.6 is 24.0 Å². The highest BCUT2D eigenvalue weighted by molar-refractivity contribution is 14.0. The average molecular weight is 459 g/mol. The predicted octanol–water partition coefficient (Wildman–Crippen LogP) is 3.01. The molecule has 2 saturated carbocycles. The number of nitrogens with one attached hydrogen (secondary N) is 1. The zero-order valence-electron chi connectivity index (χ0n) is 14.7. The monoisotopic (exact) mass is 459 g/mol. The van der Waals surface area contributed by atoms with Crippen molar-refractivity contribution in [2.45, 2.75) is 37.8 Å². The Morgan fingerprint density at radius 3 is 2.68 bits per heavy atom. The van der Waals surface area contributed by atoms with E-state index in [1.54, 1.807) is 14.2 Å². The first-order valence-corrected chi connectivity index (χ1v) is 8.62. The van der Waals surface area contributed by atoms with Gasteiger partial charge in [-0.25, -0.2) is 4.99 Å². The second-order valence-electron chi connectivity index (χ2n) is 6.98. The van der Waals surface area contributed by atoms with Crippen molar-refractivity contribution in [3.8, 4) is 11.5 Å². The van der Waals surface area contributed by atoms with Crippen LogP contribution in [0.2, 0.25) is 0 Å². The Labute approximate surface area is 165 Å². The fourth-order valence-corrected chi connectivity index (χ4v) is 4.63. The summed E-state index contributed by atoms with van der Waals surface area (Å²) >= 11 is 0. The van der Waals surface area contributed by atoms with E-state index in [1.165, 1.54) is 19.3 Å². The van der Waals surface area contributed by atoms with Crippen molar-refractivity contribution >= 4 is 35.6 Å². The van der Waals surface area contributed by atoms with Gasteiger partial charge in [0.05, 0.1) is 26.4 Å². The first kappa shape index (κ1) is 18.6. The van der Waals surface area contributed by atoms with Gasteiger partial charge in [0, 0.05) is 29.7 Å². The molecule has 1 saturated heterocycles. The molecule has 3 N–H and O–H groups in total. The maximum Gasteiger partial charge on any atom is 0.193 e. The van der Waals surface area contributed by atoms with Gasteiger partial charge in [-0.1, -0.05) is 6.42 Å². The lowest BCUT2D eigenvalue weighted by Crippen LogP contribution is -2.65. The number of fused-ring (bicyclic) bond motifs is 2. The molecule has 138 valence electrons.